The number of nitrogens with one attached hydrogen (secondary N) is 1. The van der Waals surface area contributed by atoms with Gasteiger partial charge >= 0.3 is 0 Å². The van der Waals surface area contributed by atoms with Crippen LogP contribution >= 0.6 is 11.8 Å². The highest BCUT2D eigenvalue weighted by molar-refractivity contribution is 7.99. The van der Waals surface area contributed by atoms with Crippen LogP contribution in [0.2, 0.25) is 0 Å². The van der Waals surface area contributed by atoms with Crippen molar-refractivity contribution in [2.24, 2.45) is 0 Å². The number of benzene rings is 2. The zero-order valence-corrected chi connectivity index (χ0v) is 15.1. The second kappa shape index (κ2) is 7.92. The van der Waals surface area contributed by atoms with Gasteiger partial charge in [-0.15, -0.1) is 10.2 Å². The number of rotatable bonds is 6. The van der Waals surface area contributed by atoms with Crippen LogP contribution < -0.4 is 5.32 Å². The number of thioether (sulfide) groups is 1. The van der Waals surface area contributed by atoms with Gasteiger partial charge in [-0.05, 0) is 36.4 Å². The Morgan fingerprint density at radius 3 is 2.41 bits per heavy atom. The summed E-state index contributed by atoms with van der Waals surface area (Å²) in [6.45, 7) is 0. The van der Waals surface area contributed by atoms with E-state index in [9.17, 15) is 4.79 Å². The van der Waals surface area contributed by atoms with Gasteiger partial charge in [0.15, 0.2) is 10.9 Å². The number of aromatic nitrogens is 3. The van der Waals surface area contributed by atoms with E-state index in [1.165, 1.54) is 11.8 Å². The number of carbonyl (C=O) groups excluding carboxylic acids is 1. The van der Waals surface area contributed by atoms with Crippen molar-refractivity contribution in [3.8, 4) is 17.3 Å². The molecule has 0 saturated carbocycles. The molecule has 0 aliphatic carbocycles. The summed E-state index contributed by atoms with van der Waals surface area (Å²) in [4.78, 5) is 12.3. The molecule has 2 heterocycles. The van der Waals surface area contributed by atoms with Crippen LogP contribution in [-0.2, 0) is 4.79 Å². The van der Waals surface area contributed by atoms with Gasteiger partial charge in [-0.25, -0.2) is 0 Å². The highest BCUT2D eigenvalue weighted by Gasteiger charge is 2.18. The Kier molecular flexibility index (Phi) is 5.02. The number of carbonyl (C=O) groups is 1. The standard InChI is InChI=1S/C20H16N4O2S/c25-18(21-15-8-3-1-4-9-15)14-27-20-23-22-19(17-12-7-13-26-17)24(20)16-10-5-2-6-11-16/h1-13H,14H2,(H,21,25). The SMILES string of the molecule is O=C(CSc1nnc(-c2ccco2)n1-c1ccccc1)Nc1ccccc1. The van der Waals surface area contributed by atoms with E-state index in [1.807, 2.05) is 71.3 Å². The topological polar surface area (TPSA) is 73.0 Å². The van der Waals surface area contributed by atoms with Gasteiger partial charge in [0.2, 0.25) is 11.7 Å². The van der Waals surface area contributed by atoms with Gasteiger partial charge in [-0.3, -0.25) is 9.36 Å². The molecular formula is C20H16N4O2S. The van der Waals surface area contributed by atoms with Crippen molar-refractivity contribution in [3.05, 3.63) is 79.1 Å². The van der Waals surface area contributed by atoms with Crippen LogP contribution in [-0.4, -0.2) is 26.4 Å². The van der Waals surface area contributed by atoms with Crippen molar-refractivity contribution in [1.29, 1.82) is 0 Å². The average Bonchev–Trinajstić information content (AvgIpc) is 3.37. The largest absolute Gasteiger partial charge is 0.461 e. The van der Waals surface area contributed by atoms with Crippen molar-refractivity contribution in [2.75, 3.05) is 11.1 Å². The molecule has 6 nitrogen and oxygen atoms in total. The molecule has 0 unspecified atom stereocenters. The molecule has 0 aliphatic heterocycles. The molecular weight excluding hydrogens is 360 g/mol. The van der Waals surface area contributed by atoms with E-state index in [2.05, 4.69) is 15.5 Å². The number of furan rings is 1. The molecule has 2 aromatic carbocycles. The van der Waals surface area contributed by atoms with Crippen LogP contribution in [0.5, 0.6) is 0 Å². The Bertz CT molecular complexity index is 1010. The fourth-order valence-corrected chi connectivity index (χ4v) is 3.34. The molecule has 0 radical (unpaired) electrons. The minimum Gasteiger partial charge on any atom is -0.461 e. The van der Waals surface area contributed by atoms with Crippen molar-refractivity contribution in [1.82, 2.24) is 14.8 Å². The van der Waals surface area contributed by atoms with Crippen molar-refractivity contribution in [2.45, 2.75) is 5.16 Å². The first-order valence-corrected chi connectivity index (χ1v) is 9.32. The fourth-order valence-electron chi connectivity index (χ4n) is 2.59. The van der Waals surface area contributed by atoms with Crippen LogP contribution in [0.25, 0.3) is 17.3 Å². The van der Waals surface area contributed by atoms with Gasteiger partial charge in [-0.2, -0.15) is 0 Å². The average molecular weight is 376 g/mol. The number of para-hydroxylation sites is 2. The summed E-state index contributed by atoms with van der Waals surface area (Å²) in [6, 6.07) is 22.8. The van der Waals surface area contributed by atoms with Crippen molar-refractivity contribution < 1.29 is 9.21 Å². The van der Waals surface area contributed by atoms with Gasteiger partial charge in [0.25, 0.3) is 0 Å². The van der Waals surface area contributed by atoms with E-state index in [4.69, 9.17) is 4.42 Å². The van der Waals surface area contributed by atoms with Crippen LogP contribution in [0.4, 0.5) is 5.69 Å². The minimum absolute atomic E-state index is 0.103. The number of amides is 1. The molecule has 0 aliphatic rings. The van der Waals surface area contributed by atoms with Crippen LogP contribution in [0.3, 0.4) is 0 Å². The monoisotopic (exact) mass is 376 g/mol. The van der Waals surface area contributed by atoms with Crippen molar-refractivity contribution >= 4 is 23.4 Å². The number of hydrogen-bond donors (Lipinski definition) is 1. The predicted molar refractivity (Wildman–Crippen MR) is 105 cm³/mol. The van der Waals surface area contributed by atoms with E-state index < -0.39 is 0 Å². The maximum absolute atomic E-state index is 12.3. The first kappa shape index (κ1) is 17.1. The Morgan fingerprint density at radius 1 is 0.963 bits per heavy atom. The Labute approximate surface area is 160 Å². The molecule has 0 spiro atoms. The fraction of sp³-hybridized carbons (Fsp3) is 0.0500. The summed E-state index contributed by atoms with van der Waals surface area (Å²) in [5, 5.41) is 12.0. The first-order chi connectivity index (χ1) is 13.3. The number of hydrogen-bond acceptors (Lipinski definition) is 5. The quantitative estimate of drug-likeness (QED) is 0.509. The van der Waals surface area contributed by atoms with Gasteiger partial charge < -0.3 is 9.73 Å². The smallest absolute Gasteiger partial charge is 0.234 e. The molecule has 134 valence electrons. The second-order valence-corrected chi connectivity index (χ2v) is 6.60. The summed E-state index contributed by atoms with van der Waals surface area (Å²) in [7, 11) is 0. The van der Waals surface area contributed by atoms with Gasteiger partial charge in [0, 0.05) is 11.4 Å². The molecule has 4 aromatic rings. The lowest BCUT2D eigenvalue weighted by molar-refractivity contribution is -0.113. The number of anilines is 1. The van der Waals surface area contributed by atoms with Gasteiger partial charge in [0.05, 0.1) is 12.0 Å². The molecule has 1 amide bonds. The Balaban J connectivity index is 1.57. The number of nitrogens with zero attached hydrogens (tertiary/aromatic N) is 3. The molecule has 0 saturated heterocycles. The molecule has 0 atom stereocenters. The normalized spacial score (nSPS) is 10.7. The van der Waals surface area contributed by atoms with Gasteiger partial charge in [0.1, 0.15) is 0 Å². The Hall–Kier alpha value is -3.32. The van der Waals surface area contributed by atoms with E-state index >= 15 is 0 Å². The third-order valence-electron chi connectivity index (χ3n) is 3.78. The van der Waals surface area contributed by atoms with E-state index in [-0.39, 0.29) is 11.7 Å². The van der Waals surface area contributed by atoms with E-state index in [1.54, 1.807) is 12.3 Å². The highest BCUT2D eigenvalue weighted by atomic mass is 32.2. The highest BCUT2D eigenvalue weighted by Crippen LogP contribution is 2.28. The molecule has 0 fully saturated rings. The van der Waals surface area contributed by atoms with Crippen LogP contribution in [0.1, 0.15) is 0 Å². The zero-order valence-electron chi connectivity index (χ0n) is 14.3. The summed E-state index contributed by atoms with van der Waals surface area (Å²) in [6.07, 6.45) is 1.60. The maximum atomic E-state index is 12.3. The summed E-state index contributed by atoms with van der Waals surface area (Å²) >= 11 is 1.32. The van der Waals surface area contributed by atoms with Crippen molar-refractivity contribution in [3.63, 3.8) is 0 Å². The molecule has 4 rings (SSSR count). The zero-order chi connectivity index (χ0) is 18.5. The molecule has 1 N–H and O–H groups in total. The van der Waals surface area contributed by atoms with Crippen LogP contribution in [0.15, 0.2) is 88.6 Å². The summed E-state index contributed by atoms with van der Waals surface area (Å²) in [5.41, 5.74) is 1.67. The molecule has 0 bridgehead atoms. The first-order valence-electron chi connectivity index (χ1n) is 8.34. The van der Waals surface area contributed by atoms with Crippen LogP contribution in [0, 0.1) is 0 Å². The van der Waals surface area contributed by atoms with Gasteiger partial charge in [-0.1, -0.05) is 48.2 Å². The third-order valence-corrected chi connectivity index (χ3v) is 4.71. The maximum Gasteiger partial charge on any atom is 0.234 e. The lowest BCUT2D eigenvalue weighted by atomic mass is 10.3. The molecule has 27 heavy (non-hydrogen) atoms. The third kappa shape index (κ3) is 3.93. The minimum atomic E-state index is -0.103. The summed E-state index contributed by atoms with van der Waals surface area (Å²) < 4.78 is 7.38. The Morgan fingerprint density at radius 2 is 1.70 bits per heavy atom. The predicted octanol–water partition coefficient (Wildman–Crippen LogP) is 4.26. The van der Waals surface area contributed by atoms with E-state index in [0.29, 0.717) is 16.7 Å². The summed E-state index contributed by atoms with van der Waals surface area (Å²) in [5.74, 6) is 1.33. The second-order valence-electron chi connectivity index (χ2n) is 5.66. The van der Waals surface area contributed by atoms with E-state index in [0.717, 1.165) is 11.4 Å². The lowest BCUT2D eigenvalue weighted by Crippen LogP contribution is -2.14. The molecule has 7 heteroatoms. The molecule has 2 aromatic heterocycles. The lowest BCUT2D eigenvalue weighted by Gasteiger charge is -2.09.